The van der Waals surface area contributed by atoms with E-state index in [0.29, 0.717) is 13.1 Å². The molecule has 114 valence electrons. The zero-order valence-corrected chi connectivity index (χ0v) is 12.9. The van der Waals surface area contributed by atoms with Crippen LogP contribution in [0.25, 0.3) is 0 Å². The van der Waals surface area contributed by atoms with Crippen LogP contribution in [0.5, 0.6) is 0 Å². The fourth-order valence-electron chi connectivity index (χ4n) is 2.69. The molecule has 1 fully saturated rings. The molecule has 1 atom stereocenters. The molecule has 0 amide bonds. The van der Waals surface area contributed by atoms with Gasteiger partial charge in [0, 0.05) is 39.3 Å². The molecule has 0 saturated carbocycles. The zero-order valence-electron chi connectivity index (χ0n) is 12.0. The largest absolute Gasteiger partial charge is 0.339 e. The van der Waals surface area contributed by atoms with E-state index >= 15 is 0 Å². The molecule has 1 aliphatic rings. The highest BCUT2D eigenvalue weighted by Crippen LogP contribution is 2.28. The van der Waals surface area contributed by atoms with Crippen LogP contribution in [0.2, 0.25) is 0 Å². The number of hydrogen-bond donors (Lipinski definition) is 0. The molecule has 1 aliphatic heterocycles. The minimum Gasteiger partial charge on any atom is -0.339 e. The average molecular weight is 310 g/mol. The van der Waals surface area contributed by atoms with E-state index in [1.807, 2.05) is 11.6 Å². The van der Waals surface area contributed by atoms with Gasteiger partial charge in [0.1, 0.15) is 12.2 Å². The van der Waals surface area contributed by atoms with Gasteiger partial charge in [-0.05, 0) is 12.8 Å². The third-order valence-corrected chi connectivity index (χ3v) is 5.53. The summed E-state index contributed by atoms with van der Waals surface area (Å²) in [6, 6.07) is 0. The minimum absolute atomic E-state index is 0.0738. The molecule has 0 unspecified atom stereocenters. The number of imidazole rings is 1. The Bertz CT molecular complexity index is 735. The van der Waals surface area contributed by atoms with Crippen molar-refractivity contribution in [2.45, 2.75) is 23.8 Å². The van der Waals surface area contributed by atoms with Crippen molar-refractivity contribution in [2.75, 3.05) is 13.1 Å². The highest BCUT2D eigenvalue weighted by molar-refractivity contribution is 7.89. The maximum Gasteiger partial charge on any atom is 0.262 e. The maximum absolute atomic E-state index is 12.6. The summed E-state index contributed by atoms with van der Waals surface area (Å²) in [6.45, 7) is 0.943. The number of aryl methyl sites for hydroxylation is 2. The normalized spacial score (nSPS) is 20.8. The summed E-state index contributed by atoms with van der Waals surface area (Å²) in [4.78, 5) is 3.97. The lowest BCUT2D eigenvalue weighted by molar-refractivity contribution is 0.305. The highest BCUT2D eigenvalue weighted by Gasteiger charge is 2.33. The summed E-state index contributed by atoms with van der Waals surface area (Å²) < 4.78 is 30.2. The molecular formula is C12H18N6O2S. The van der Waals surface area contributed by atoms with Crippen molar-refractivity contribution in [3.63, 3.8) is 0 Å². The second-order valence-electron chi connectivity index (χ2n) is 5.38. The molecule has 9 heteroatoms. The van der Waals surface area contributed by atoms with E-state index in [1.54, 1.807) is 17.9 Å². The molecule has 8 nitrogen and oxygen atoms in total. The number of rotatable bonds is 3. The van der Waals surface area contributed by atoms with Gasteiger partial charge in [-0.3, -0.25) is 0 Å². The molecule has 21 heavy (non-hydrogen) atoms. The predicted molar refractivity (Wildman–Crippen MR) is 74.9 cm³/mol. The Kier molecular flexibility index (Phi) is 3.54. The SMILES string of the molecule is Cn1cnc(S(=O)(=O)N2CCC[C@@H](c3nncn3C)C2)c1. The van der Waals surface area contributed by atoms with Gasteiger partial charge >= 0.3 is 0 Å². The summed E-state index contributed by atoms with van der Waals surface area (Å²) in [6.07, 6.45) is 6.39. The fraction of sp³-hybridized carbons (Fsp3) is 0.583. The summed E-state index contributed by atoms with van der Waals surface area (Å²) in [7, 11) is 0.0970. The van der Waals surface area contributed by atoms with Gasteiger partial charge in [0.15, 0.2) is 5.03 Å². The lowest BCUT2D eigenvalue weighted by Crippen LogP contribution is -2.39. The van der Waals surface area contributed by atoms with Gasteiger partial charge in [0.2, 0.25) is 0 Å². The zero-order chi connectivity index (χ0) is 15.0. The Morgan fingerprint density at radius 3 is 2.71 bits per heavy atom. The number of sulfonamides is 1. The molecular weight excluding hydrogens is 292 g/mol. The lowest BCUT2D eigenvalue weighted by Gasteiger charge is -2.30. The monoisotopic (exact) mass is 310 g/mol. The van der Waals surface area contributed by atoms with E-state index < -0.39 is 10.0 Å². The minimum atomic E-state index is -3.53. The van der Waals surface area contributed by atoms with Crippen LogP contribution in [0.1, 0.15) is 24.6 Å². The molecule has 3 heterocycles. The number of aromatic nitrogens is 5. The Morgan fingerprint density at radius 1 is 1.29 bits per heavy atom. The van der Waals surface area contributed by atoms with Crippen molar-refractivity contribution < 1.29 is 8.42 Å². The van der Waals surface area contributed by atoms with Gasteiger partial charge in [-0.2, -0.15) is 4.31 Å². The molecule has 0 aromatic carbocycles. The molecule has 0 radical (unpaired) electrons. The number of piperidine rings is 1. The van der Waals surface area contributed by atoms with E-state index in [2.05, 4.69) is 15.2 Å². The van der Waals surface area contributed by atoms with Crippen LogP contribution in [0.4, 0.5) is 0 Å². The standard InChI is InChI=1S/C12H18N6O2S/c1-16-7-11(13-8-16)21(19,20)18-5-3-4-10(6-18)12-15-14-9-17(12)2/h7-10H,3-6H2,1-2H3/t10-/m1/s1. The van der Waals surface area contributed by atoms with Gasteiger partial charge in [-0.25, -0.2) is 13.4 Å². The van der Waals surface area contributed by atoms with Crippen LogP contribution in [0.3, 0.4) is 0 Å². The lowest BCUT2D eigenvalue weighted by atomic mass is 9.99. The predicted octanol–water partition coefficient (Wildman–Crippen LogP) is 0.117. The molecule has 2 aromatic rings. The molecule has 0 spiro atoms. The summed E-state index contributed by atoms with van der Waals surface area (Å²) in [5, 5.41) is 8.08. The van der Waals surface area contributed by atoms with Crippen LogP contribution in [-0.2, 0) is 24.1 Å². The van der Waals surface area contributed by atoms with Gasteiger partial charge in [0.05, 0.1) is 6.33 Å². The molecule has 2 aromatic heterocycles. The van der Waals surface area contributed by atoms with Crippen LogP contribution >= 0.6 is 0 Å². The summed E-state index contributed by atoms with van der Waals surface area (Å²) in [5.41, 5.74) is 0. The third kappa shape index (κ3) is 2.58. The third-order valence-electron chi connectivity index (χ3n) is 3.78. The van der Waals surface area contributed by atoms with Gasteiger partial charge in [0.25, 0.3) is 10.0 Å². The average Bonchev–Trinajstić information content (AvgIpc) is 3.08. The number of nitrogens with zero attached hydrogens (tertiary/aromatic N) is 6. The Hall–Kier alpha value is -1.74. The van der Waals surface area contributed by atoms with Crippen molar-refractivity contribution in [2.24, 2.45) is 14.1 Å². The first kappa shape index (κ1) is 14.2. The van der Waals surface area contributed by atoms with Crippen molar-refractivity contribution in [1.82, 2.24) is 28.6 Å². The van der Waals surface area contributed by atoms with Crippen LogP contribution < -0.4 is 0 Å². The molecule has 0 bridgehead atoms. The van der Waals surface area contributed by atoms with Crippen LogP contribution in [0, 0.1) is 0 Å². The van der Waals surface area contributed by atoms with Crippen molar-refractivity contribution >= 4 is 10.0 Å². The second-order valence-corrected chi connectivity index (χ2v) is 7.26. The Labute approximate surface area is 123 Å². The molecule has 0 aliphatic carbocycles. The van der Waals surface area contributed by atoms with E-state index in [-0.39, 0.29) is 10.9 Å². The van der Waals surface area contributed by atoms with Crippen LogP contribution in [-0.4, -0.2) is 50.1 Å². The smallest absolute Gasteiger partial charge is 0.262 e. The summed E-state index contributed by atoms with van der Waals surface area (Å²) >= 11 is 0. The Balaban J connectivity index is 1.85. The maximum atomic E-state index is 12.6. The van der Waals surface area contributed by atoms with Crippen LogP contribution in [0.15, 0.2) is 23.9 Å². The van der Waals surface area contributed by atoms with Crippen molar-refractivity contribution in [3.8, 4) is 0 Å². The van der Waals surface area contributed by atoms with Crippen molar-refractivity contribution in [1.29, 1.82) is 0 Å². The van der Waals surface area contributed by atoms with E-state index in [4.69, 9.17) is 0 Å². The first-order valence-electron chi connectivity index (χ1n) is 6.80. The topological polar surface area (TPSA) is 85.9 Å². The first-order valence-corrected chi connectivity index (χ1v) is 8.24. The van der Waals surface area contributed by atoms with E-state index in [9.17, 15) is 8.42 Å². The van der Waals surface area contributed by atoms with Gasteiger partial charge < -0.3 is 9.13 Å². The molecule has 0 N–H and O–H groups in total. The van der Waals surface area contributed by atoms with Gasteiger partial charge in [-0.15, -0.1) is 10.2 Å². The fourth-order valence-corrected chi connectivity index (χ4v) is 4.18. The molecule has 1 saturated heterocycles. The highest BCUT2D eigenvalue weighted by atomic mass is 32.2. The van der Waals surface area contributed by atoms with Crippen molar-refractivity contribution in [3.05, 3.63) is 24.7 Å². The van der Waals surface area contributed by atoms with E-state index in [0.717, 1.165) is 18.7 Å². The second kappa shape index (κ2) is 5.23. The quantitative estimate of drug-likeness (QED) is 0.803. The van der Waals surface area contributed by atoms with E-state index in [1.165, 1.54) is 16.8 Å². The number of hydrogen-bond acceptors (Lipinski definition) is 5. The molecule has 3 rings (SSSR count). The summed E-state index contributed by atoms with van der Waals surface area (Å²) in [5.74, 6) is 0.903. The first-order chi connectivity index (χ1) is 9.98. The van der Waals surface area contributed by atoms with Gasteiger partial charge in [-0.1, -0.05) is 0 Å². The Morgan fingerprint density at radius 2 is 2.10 bits per heavy atom.